The number of thiazole rings is 1. The van der Waals surface area contributed by atoms with Crippen LogP contribution in [-0.4, -0.2) is 52.6 Å². The van der Waals surface area contributed by atoms with Gasteiger partial charge in [0.1, 0.15) is 17.5 Å². The molecule has 0 unspecified atom stereocenters. The SMILES string of the molecule is COc1ccc(N2C(=O)[C@H]3[C@H](c4cccs4)c4sc(=O)n(CC(=O)N5CCCCC5)c4S[C@H]3C2=O)cc1. The second-order valence-electron chi connectivity index (χ2n) is 9.33. The van der Waals surface area contributed by atoms with Gasteiger partial charge in [0, 0.05) is 28.8 Å². The Hall–Kier alpha value is -2.89. The first-order valence-electron chi connectivity index (χ1n) is 12.2. The van der Waals surface area contributed by atoms with Crippen molar-refractivity contribution in [2.45, 2.75) is 42.0 Å². The van der Waals surface area contributed by atoms with Gasteiger partial charge in [0.15, 0.2) is 0 Å². The molecule has 0 aliphatic carbocycles. The minimum atomic E-state index is -0.681. The predicted octanol–water partition coefficient (Wildman–Crippen LogP) is 3.79. The highest BCUT2D eigenvalue weighted by Gasteiger charge is 2.57. The van der Waals surface area contributed by atoms with Crippen LogP contribution >= 0.6 is 34.4 Å². The minimum Gasteiger partial charge on any atom is -0.497 e. The number of hydrogen-bond acceptors (Lipinski definition) is 8. The van der Waals surface area contributed by atoms with Crippen LogP contribution in [0.5, 0.6) is 5.75 Å². The van der Waals surface area contributed by atoms with Gasteiger partial charge in [-0.05, 0) is 55.0 Å². The lowest BCUT2D eigenvalue weighted by Gasteiger charge is -2.30. The van der Waals surface area contributed by atoms with E-state index in [1.165, 1.54) is 32.6 Å². The van der Waals surface area contributed by atoms with E-state index in [1.54, 1.807) is 31.4 Å². The average Bonchev–Trinajstić information content (AvgIpc) is 3.62. The van der Waals surface area contributed by atoms with Crippen LogP contribution in [0.25, 0.3) is 0 Å². The molecule has 192 valence electrons. The van der Waals surface area contributed by atoms with Crippen LogP contribution in [0.3, 0.4) is 0 Å². The molecule has 2 aromatic heterocycles. The molecule has 11 heteroatoms. The molecule has 3 amide bonds. The second-order valence-corrected chi connectivity index (χ2v) is 12.4. The highest BCUT2D eigenvalue weighted by Crippen LogP contribution is 2.54. The zero-order valence-electron chi connectivity index (χ0n) is 20.1. The summed E-state index contributed by atoms with van der Waals surface area (Å²) in [5.41, 5.74) is 0.497. The summed E-state index contributed by atoms with van der Waals surface area (Å²) in [4.78, 5) is 58.3. The number of imide groups is 1. The first-order valence-corrected chi connectivity index (χ1v) is 14.8. The highest BCUT2D eigenvalue weighted by molar-refractivity contribution is 8.00. The van der Waals surface area contributed by atoms with Crippen LogP contribution in [-0.2, 0) is 20.9 Å². The maximum Gasteiger partial charge on any atom is 0.308 e. The number of nitrogens with zero attached hydrogens (tertiary/aromatic N) is 3. The van der Waals surface area contributed by atoms with Crippen molar-refractivity contribution in [3.05, 3.63) is 61.2 Å². The number of thiophene rings is 1. The standard InChI is InChI=1S/C26H25N3O5S3/c1-34-16-9-7-15(8-10-16)29-23(31)20-19(17-6-5-13-35-17)22-25(36-21(20)24(29)32)28(26(33)37-22)14-18(30)27-11-3-2-4-12-27/h5-10,13,19-21H,2-4,11-12,14H2,1H3/t19-,20-,21+/m0/s1. The van der Waals surface area contributed by atoms with Crippen molar-refractivity contribution < 1.29 is 19.1 Å². The maximum absolute atomic E-state index is 13.8. The molecule has 3 aliphatic rings. The third kappa shape index (κ3) is 4.13. The van der Waals surface area contributed by atoms with Gasteiger partial charge < -0.3 is 9.64 Å². The van der Waals surface area contributed by atoms with Crippen molar-refractivity contribution >= 4 is 57.8 Å². The Morgan fingerprint density at radius 1 is 1.03 bits per heavy atom. The molecule has 2 saturated heterocycles. The van der Waals surface area contributed by atoms with E-state index in [0.29, 0.717) is 29.6 Å². The molecule has 6 rings (SSSR count). The number of carbonyl (C=O) groups is 3. The molecular weight excluding hydrogens is 531 g/mol. The average molecular weight is 556 g/mol. The third-order valence-electron chi connectivity index (χ3n) is 7.23. The highest BCUT2D eigenvalue weighted by atomic mass is 32.2. The van der Waals surface area contributed by atoms with Crippen LogP contribution in [0.2, 0.25) is 0 Å². The summed E-state index contributed by atoms with van der Waals surface area (Å²) in [6.45, 7) is 1.37. The third-order valence-corrected chi connectivity index (χ3v) is 10.8. The van der Waals surface area contributed by atoms with E-state index in [9.17, 15) is 19.2 Å². The lowest BCUT2D eigenvalue weighted by Crippen LogP contribution is -2.39. The zero-order valence-corrected chi connectivity index (χ0v) is 22.6. The number of amides is 3. The van der Waals surface area contributed by atoms with Gasteiger partial charge in [0.25, 0.3) is 0 Å². The van der Waals surface area contributed by atoms with Gasteiger partial charge in [-0.15, -0.1) is 11.3 Å². The van der Waals surface area contributed by atoms with Crippen molar-refractivity contribution in [3.8, 4) is 5.75 Å². The van der Waals surface area contributed by atoms with Gasteiger partial charge in [-0.1, -0.05) is 29.2 Å². The quantitative estimate of drug-likeness (QED) is 0.445. The molecular formula is C26H25N3O5S3. The normalized spacial score (nSPS) is 23.2. The fourth-order valence-corrected chi connectivity index (χ4v) is 9.12. The molecule has 37 heavy (non-hydrogen) atoms. The summed E-state index contributed by atoms with van der Waals surface area (Å²) in [5, 5.41) is 1.89. The van der Waals surface area contributed by atoms with Crippen molar-refractivity contribution in [1.82, 2.24) is 9.47 Å². The lowest BCUT2D eigenvalue weighted by atomic mass is 9.87. The summed E-state index contributed by atoms with van der Waals surface area (Å²) < 4.78 is 6.74. The van der Waals surface area contributed by atoms with Gasteiger partial charge in [-0.3, -0.25) is 23.7 Å². The molecule has 3 aliphatic heterocycles. The van der Waals surface area contributed by atoms with E-state index in [-0.39, 0.29) is 29.1 Å². The van der Waals surface area contributed by atoms with Gasteiger partial charge in [0.2, 0.25) is 17.7 Å². The van der Waals surface area contributed by atoms with Crippen molar-refractivity contribution in [1.29, 1.82) is 0 Å². The monoisotopic (exact) mass is 555 g/mol. The second kappa shape index (κ2) is 9.77. The number of fused-ring (bicyclic) bond motifs is 2. The fraction of sp³-hybridized carbons (Fsp3) is 0.385. The number of thioether (sulfide) groups is 1. The minimum absolute atomic E-state index is 0.0451. The number of carbonyl (C=O) groups excluding carboxylic acids is 3. The Balaban J connectivity index is 1.39. The van der Waals surface area contributed by atoms with Gasteiger partial charge in [-0.25, -0.2) is 4.90 Å². The maximum atomic E-state index is 13.8. The smallest absolute Gasteiger partial charge is 0.308 e. The van der Waals surface area contributed by atoms with Crippen LogP contribution in [0.4, 0.5) is 5.69 Å². The summed E-state index contributed by atoms with van der Waals surface area (Å²) in [6, 6.07) is 10.7. The summed E-state index contributed by atoms with van der Waals surface area (Å²) in [6.07, 6.45) is 3.05. The molecule has 3 aromatic rings. The molecule has 3 atom stereocenters. The number of methoxy groups -OCH3 is 1. The van der Waals surface area contributed by atoms with E-state index in [4.69, 9.17) is 4.74 Å². The van der Waals surface area contributed by atoms with Crippen LogP contribution in [0, 0.1) is 5.92 Å². The van der Waals surface area contributed by atoms with E-state index in [2.05, 4.69) is 0 Å². The molecule has 0 N–H and O–H groups in total. The van der Waals surface area contributed by atoms with Gasteiger partial charge >= 0.3 is 4.87 Å². The molecule has 0 saturated carbocycles. The number of aromatic nitrogens is 1. The Morgan fingerprint density at radius 2 is 1.78 bits per heavy atom. The molecule has 5 heterocycles. The van der Waals surface area contributed by atoms with Crippen LogP contribution in [0.15, 0.2) is 51.6 Å². The Kier molecular flexibility index (Phi) is 6.46. The number of piperidine rings is 1. The topological polar surface area (TPSA) is 88.9 Å². The number of benzene rings is 1. The molecule has 0 bridgehead atoms. The molecule has 0 radical (unpaired) electrons. The Morgan fingerprint density at radius 3 is 2.46 bits per heavy atom. The van der Waals surface area contributed by atoms with Crippen molar-refractivity contribution in [2.75, 3.05) is 25.1 Å². The number of anilines is 1. The first kappa shape index (κ1) is 24.4. The number of ether oxygens (including phenoxy) is 1. The van der Waals surface area contributed by atoms with E-state index < -0.39 is 17.1 Å². The molecule has 8 nitrogen and oxygen atoms in total. The first-order chi connectivity index (χ1) is 18.0. The fourth-order valence-electron chi connectivity index (χ4n) is 5.39. The van der Waals surface area contributed by atoms with E-state index in [0.717, 1.165) is 40.4 Å². The Bertz CT molecular complexity index is 1410. The van der Waals surface area contributed by atoms with Crippen molar-refractivity contribution in [3.63, 3.8) is 0 Å². The van der Waals surface area contributed by atoms with Crippen LogP contribution in [0.1, 0.15) is 34.9 Å². The van der Waals surface area contributed by atoms with Crippen molar-refractivity contribution in [2.24, 2.45) is 5.92 Å². The van der Waals surface area contributed by atoms with Gasteiger partial charge in [-0.2, -0.15) is 0 Å². The van der Waals surface area contributed by atoms with E-state index >= 15 is 0 Å². The number of rotatable bonds is 5. The summed E-state index contributed by atoms with van der Waals surface area (Å²) >= 11 is 3.85. The molecule has 2 fully saturated rings. The Labute approximate surface area is 225 Å². The molecule has 0 spiro atoms. The van der Waals surface area contributed by atoms with Crippen LogP contribution < -0.4 is 14.5 Å². The number of likely N-dealkylation sites (tertiary alicyclic amines) is 1. The summed E-state index contributed by atoms with van der Waals surface area (Å²) in [5.74, 6) is -1.05. The summed E-state index contributed by atoms with van der Waals surface area (Å²) in [7, 11) is 1.56. The van der Waals surface area contributed by atoms with Gasteiger partial charge in [0.05, 0.1) is 23.7 Å². The largest absolute Gasteiger partial charge is 0.497 e. The zero-order chi connectivity index (χ0) is 25.7. The number of hydrogen-bond donors (Lipinski definition) is 0. The molecule has 1 aromatic carbocycles. The lowest BCUT2D eigenvalue weighted by molar-refractivity contribution is -0.133. The van der Waals surface area contributed by atoms with E-state index in [1.807, 2.05) is 22.4 Å². The predicted molar refractivity (Wildman–Crippen MR) is 144 cm³/mol.